The van der Waals surface area contributed by atoms with E-state index >= 15 is 0 Å². The lowest BCUT2D eigenvalue weighted by Crippen LogP contribution is -2.38. The summed E-state index contributed by atoms with van der Waals surface area (Å²) in [6.07, 6.45) is 7.89. The number of hydrogen-bond acceptors (Lipinski definition) is 5. The SMILES string of the molecule is COc1ccc(-c2cncc(-c3cn(CCN4CCOCC4)c4cccnc34)c2)cc1. The molecule has 3 aromatic heterocycles. The van der Waals surface area contributed by atoms with E-state index in [0.29, 0.717) is 0 Å². The van der Waals surface area contributed by atoms with E-state index in [1.54, 1.807) is 7.11 Å². The molecule has 1 aliphatic heterocycles. The average molecular weight is 415 g/mol. The molecular weight excluding hydrogens is 388 g/mol. The summed E-state index contributed by atoms with van der Waals surface area (Å²) < 4.78 is 13.1. The number of fused-ring (bicyclic) bond motifs is 1. The molecule has 0 aliphatic carbocycles. The van der Waals surface area contributed by atoms with E-state index in [4.69, 9.17) is 14.5 Å². The van der Waals surface area contributed by atoms with Gasteiger partial charge in [-0.05, 0) is 35.9 Å². The van der Waals surface area contributed by atoms with E-state index in [-0.39, 0.29) is 0 Å². The lowest BCUT2D eigenvalue weighted by Gasteiger charge is -2.26. The number of nitrogens with zero attached hydrogens (tertiary/aromatic N) is 4. The Kier molecular flexibility index (Phi) is 5.65. The fourth-order valence-corrected chi connectivity index (χ4v) is 4.12. The molecule has 6 heteroatoms. The largest absolute Gasteiger partial charge is 0.497 e. The van der Waals surface area contributed by atoms with Crippen molar-refractivity contribution in [3.63, 3.8) is 0 Å². The Hall–Kier alpha value is -3.22. The Morgan fingerprint density at radius 3 is 2.58 bits per heavy atom. The Labute approximate surface area is 182 Å². The smallest absolute Gasteiger partial charge is 0.118 e. The molecule has 0 bridgehead atoms. The minimum atomic E-state index is 0.822. The summed E-state index contributed by atoms with van der Waals surface area (Å²) in [7, 11) is 1.68. The van der Waals surface area contributed by atoms with Crippen molar-refractivity contribution < 1.29 is 9.47 Å². The van der Waals surface area contributed by atoms with Gasteiger partial charge in [-0.15, -0.1) is 0 Å². The van der Waals surface area contributed by atoms with Crippen LogP contribution in [0.2, 0.25) is 0 Å². The highest BCUT2D eigenvalue weighted by molar-refractivity contribution is 5.93. The highest BCUT2D eigenvalue weighted by Gasteiger charge is 2.15. The predicted molar refractivity (Wildman–Crippen MR) is 122 cm³/mol. The van der Waals surface area contributed by atoms with Gasteiger partial charge in [-0.3, -0.25) is 14.9 Å². The molecule has 1 aliphatic rings. The maximum Gasteiger partial charge on any atom is 0.118 e. The second-order valence-corrected chi connectivity index (χ2v) is 7.75. The quantitative estimate of drug-likeness (QED) is 0.475. The van der Waals surface area contributed by atoms with Crippen LogP contribution in [0.3, 0.4) is 0 Å². The van der Waals surface area contributed by atoms with Crippen molar-refractivity contribution in [3.8, 4) is 28.0 Å². The van der Waals surface area contributed by atoms with Crippen LogP contribution in [0.25, 0.3) is 33.3 Å². The molecule has 0 radical (unpaired) electrons. The maximum atomic E-state index is 5.47. The molecule has 0 atom stereocenters. The first-order valence-corrected chi connectivity index (χ1v) is 10.7. The van der Waals surface area contributed by atoms with Gasteiger partial charge in [0.2, 0.25) is 0 Å². The summed E-state index contributed by atoms with van der Waals surface area (Å²) in [5.41, 5.74) is 6.53. The molecule has 5 rings (SSSR count). The summed E-state index contributed by atoms with van der Waals surface area (Å²) in [5, 5.41) is 0. The molecular formula is C25H26N4O2. The monoisotopic (exact) mass is 414 g/mol. The van der Waals surface area contributed by atoms with E-state index in [1.807, 2.05) is 36.8 Å². The maximum absolute atomic E-state index is 5.47. The zero-order chi connectivity index (χ0) is 21.0. The Morgan fingerprint density at radius 1 is 0.968 bits per heavy atom. The van der Waals surface area contributed by atoms with Gasteiger partial charge in [0.15, 0.2) is 0 Å². The first-order valence-electron chi connectivity index (χ1n) is 10.7. The minimum Gasteiger partial charge on any atom is -0.497 e. The lowest BCUT2D eigenvalue weighted by molar-refractivity contribution is 0.0365. The number of methoxy groups -OCH3 is 1. The van der Waals surface area contributed by atoms with Gasteiger partial charge in [0.1, 0.15) is 5.75 Å². The van der Waals surface area contributed by atoms with Crippen molar-refractivity contribution in [1.82, 2.24) is 19.4 Å². The molecule has 0 N–H and O–H groups in total. The Morgan fingerprint density at radius 2 is 1.77 bits per heavy atom. The van der Waals surface area contributed by atoms with Crippen LogP contribution >= 0.6 is 0 Å². The van der Waals surface area contributed by atoms with Crippen LogP contribution in [0, 0.1) is 0 Å². The van der Waals surface area contributed by atoms with Gasteiger partial charge in [0, 0.05) is 67.7 Å². The van der Waals surface area contributed by atoms with Crippen LogP contribution in [0.4, 0.5) is 0 Å². The molecule has 6 nitrogen and oxygen atoms in total. The summed E-state index contributed by atoms with van der Waals surface area (Å²) in [6, 6.07) is 14.4. The highest BCUT2D eigenvalue weighted by atomic mass is 16.5. The Bertz CT molecular complexity index is 1160. The fraction of sp³-hybridized carbons (Fsp3) is 0.280. The van der Waals surface area contributed by atoms with Crippen molar-refractivity contribution >= 4 is 11.0 Å². The number of pyridine rings is 2. The number of ether oxygens (including phenoxy) is 2. The van der Waals surface area contributed by atoms with Crippen LogP contribution in [-0.4, -0.2) is 59.4 Å². The predicted octanol–water partition coefficient (Wildman–Crippen LogP) is 4.11. The van der Waals surface area contributed by atoms with E-state index < -0.39 is 0 Å². The number of rotatable bonds is 6. The van der Waals surface area contributed by atoms with Crippen LogP contribution in [0.15, 0.2) is 67.3 Å². The van der Waals surface area contributed by atoms with Gasteiger partial charge in [0.05, 0.1) is 31.4 Å². The third-order valence-electron chi connectivity index (χ3n) is 5.87. The minimum absolute atomic E-state index is 0.822. The topological polar surface area (TPSA) is 52.4 Å². The first-order chi connectivity index (χ1) is 15.3. The molecule has 0 unspecified atom stereocenters. The zero-order valence-corrected chi connectivity index (χ0v) is 17.7. The second kappa shape index (κ2) is 8.88. The van der Waals surface area contributed by atoms with Gasteiger partial charge < -0.3 is 14.0 Å². The van der Waals surface area contributed by atoms with Crippen molar-refractivity contribution in [2.45, 2.75) is 6.54 Å². The molecule has 1 aromatic carbocycles. The molecule has 31 heavy (non-hydrogen) atoms. The lowest BCUT2D eigenvalue weighted by atomic mass is 10.0. The van der Waals surface area contributed by atoms with E-state index in [2.05, 4.69) is 44.9 Å². The van der Waals surface area contributed by atoms with Gasteiger partial charge >= 0.3 is 0 Å². The molecule has 158 valence electrons. The molecule has 0 amide bonds. The standard InChI is InChI=1S/C25H26N4O2/c1-30-22-6-4-19(5-7-22)20-15-21(17-26-16-20)23-18-29(24-3-2-8-27-25(23)24)10-9-28-11-13-31-14-12-28/h2-8,15-18H,9-14H2,1H3. The van der Waals surface area contributed by atoms with Crippen molar-refractivity contribution in [3.05, 3.63) is 67.3 Å². The number of aromatic nitrogens is 3. The van der Waals surface area contributed by atoms with E-state index in [9.17, 15) is 0 Å². The number of morpholine rings is 1. The van der Waals surface area contributed by atoms with Crippen LogP contribution in [0.1, 0.15) is 0 Å². The second-order valence-electron chi connectivity index (χ2n) is 7.75. The Balaban J connectivity index is 1.47. The van der Waals surface area contributed by atoms with Crippen molar-refractivity contribution in [2.24, 2.45) is 0 Å². The molecule has 0 spiro atoms. The van der Waals surface area contributed by atoms with Gasteiger partial charge in [-0.2, -0.15) is 0 Å². The van der Waals surface area contributed by atoms with E-state index in [1.165, 1.54) is 0 Å². The van der Waals surface area contributed by atoms with Gasteiger partial charge in [-0.25, -0.2) is 0 Å². The van der Waals surface area contributed by atoms with E-state index in [0.717, 1.165) is 78.4 Å². The fourth-order valence-electron chi connectivity index (χ4n) is 4.12. The average Bonchev–Trinajstić information content (AvgIpc) is 3.22. The zero-order valence-electron chi connectivity index (χ0n) is 17.7. The van der Waals surface area contributed by atoms with Gasteiger partial charge in [0.25, 0.3) is 0 Å². The van der Waals surface area contributed by atoms with Crippen LogP contribution in [0.5, 0.6) is 5.75 Å². The molecule has 1 fully saturated rings. The summed E-state index contributed by atoms with van der Waals surface area (Å²) in [5.74, 6) is 0.848. The van der Waals surface area contributed by atoms with Gasteiger partial charge in [-0.1, -0.05) is 12.1 Å². The molecule has 1 saturated heterocycles. The highest BCUT2D eigenvalue weighted by Crippen LogP contribution is 2.31. The molecule has 4 aromatic rings. The first kappa shape index (κ1) is 19.7. The number of benzene rings is 1. The normalized spacial score (nSPS) is 14.7. The summed E-state index contributed by atoms with van der Waals surface area (Å²) in [6.45, 7) is 5.57. The third kappa shape index (κ3) is 4.17. The van der Waals surface area contributed by atoms with Crippen molar-refractivity contribution in [1.29, 1.82) is 0 Å². The van der Waals surface area contributed by atoms with Crippen LogP contribution in [-0.2, 0) is 11.3 Å². The van der Waals surface area contributed by atoms with Crippen molar-refractivity contribution in [2.75, 3.05) is 40.0 Å². The third-order valence-corrected chi connectivity index (χ3v) is 5.87. The summed E-state index contributed by atoms with van der Waals surface area (Å²) >= 11 is 0. The molecule has 4 heterocycles. The molecule has 0 saturated carbocycles. The van der Waals surface area contributed by atoms with Crippen LogP contribution < -0.4 is 4.74 Å². The summed E-state index contributed by atoms with van der Waals surface area (Å²) in [4.78, 5) is 11.7. The number of hydrogen-bond donors (Lipinski definition) is 0.